The molecule has 2 N–H and O–H groups in total. The molecule has 0 spiro atoms. The van der Waals surface area contributed by atoms with Crippen LogP contribution < -0.4 is 10.6 Å². The van der Waals surface area contributed by atoms with Gasteiger partial charge in [-0.25, -0.2) is 0 Å². The second-order valence-corrected chi connectivity index (χ2v) is 6.80. The second-order valence-electron chi connectivity index (χ2n) is 6.80. The molecule has 0 atom stereocenters. The first-order chi connectivity index (χ1) is 12.4. The first-order valence-electron chi connectivity index (χ1n) is 9.25. The monoisotopic (exact) mass is 495 g/mol. The average Bonchev–Trinajstić information content (AvgIpc) is 3.05. The molecule has 1 aromatic rings. The topological polar surface area (TPSA) is 85.1 Å². The Morgan fingerprint density at radius 2 is 2.00 bits per heavy atom. The van der Waals surface area contributed by atoms with Crippen molar-refractivity contribution in [1.29, 1.82) is 0 Å². The summed E-state index contributed by atoms with van der Waals surface area (Å²) >= 11 is 0. The predicted molar refractivity (Wildman–Crippen MR) is 118 cm³/mol. The van der Waals surface area contributed by atoms with Crippen molar-refractivity contribution in [2.24, 2.45) is 4.99 Å². The zero-order valence-corrected chi connectivity index (χ0v) is 19.2. The minimum absolute atomic E-state index is 0. The maximum absolute atomic E-state index is 11.8. The number of aliphatic imine (C=N–C) groups is 1. The lowest BCUT2D eigenvalue weighted by Crippen LogP contribution is -2.40. The summed E-state index contributed by atoms with van der Waals surface area (Å²) < 4.78 is 15.9. The van der Waals surface area contributed by atoms with Gasteiger partial charge >= 0.3 is 5.97 Å². The first kappa shape index (κ1) is 25.7. The molecule has 1 aromatic heterocycles. The van der Waals surface area contributed by atoms with Crippen molar-refractivity contribution >= 4 is 35.9 Å². The van der Waals surface area contributed by atoms with Crippen LogP contribution in [0.1, 0.15) is 46.3 Å². The van der Waals surface area contributed by atoms with Crippen molar-refractivity contribution in [2.45, 2.75) is 52.6 Å². The summed E-state index contributed by atoms with van der Waals surface area (Å²) in [6.07, 6.45) is 3.57. The zero-order valence-electron chi connectivity index (χ0n) is 16.9. The molecule has 0 bridgehead atoms. The molecule has 0 aliphatic carbocycles. The fourth-order valence-electron chi connectivity index (χ4n) is 2.11. The number of carbonyl (C=O) groups is 1. The van der Waals surface area contributed by atoms with E-state index >= 15 is 0 Å². The third-order valence-corrected chi connectivity index (χ3v) is 3.21. The molecule has 7 nitrogen and oxygen atoms in total. The van der Waals surface area contributed by atoms with Crippen LogP contribution in [0.25, 0.3) is 0 Å². The Morgan fingerprint density at radius 1 is 1.26 bits per heavy atom. The molecular formula is C19H34IN3O4. The number of carbonyl (C=O) groups excluding carboxylic acids is 1. The van der Waals surface area contributed by atoms with Gasteiger partial charge in [-0.1, -0.05) is 0 Å². The highest BCUT2D eigenvalue weighted by Gasteiger charge is 2.15. The van der Waals surface area contributed by atoms with Crippen molar-refractivity contribution in [1.82, 2.24) is 10.6 Å². The number of hydrogen-bond donors (Lipinski definition) is 2. The summed E-state index contributed by atoms with van der Waals surface area (Å²) in [7, 11) is 0. The first-order valence-corrected chi connectivity index (χ1v) is 9.25. The number of guanidine groups is 1. The van der Waals surface area contributed by atoms with Gasteiger partial charge in [-0.15, -0.1) is 24.0 Å². The van der Waals surface area contributed by atoms with E-state index in [0.29, 0.717) is 38.8 Å². The molecular weight excluding hydrogens is 461 g/mol. The Balaban J connectivity index is 0.00000676. The second kappa shape index (κ2) is 14.7. The van der Waals surface area contributed by atoms with Gasteiger partial charge in [-0.05, 0) is 46.2 Å². The highest BCUT2D eigenvalue weighted by molar-refractivity contribution is 14.0. The van der Waals surface area contributed by atoms with Crippen LogP contribution in [-0.4, -0.2) is 50.4 Å². The normalized spacial score (nSPS) is 11.6. The van der Waals surface area contributed by atoms with Crippen LogP contribution in [0, 0.1) is 0 Å². The van der Waals surface area contributed by atoms with Gasteiger partial charge in [0.1, 0.15) is 11.4 Å². The van der Waals surface area contributed by atoms with Gasteiger partial charge in [-0.3, -0.25) is 9.79 Å². The highest BCUT2D eigenvalue weighted by Crippen LogP contribution is 2.07. The molecule has 0 radical (unpaired) electrons. The molecule has 0 saturated heterocycles. The Morgan fingerprint density at radius 3 is 2.63 bits per heavy atom. The van der Waals surface area contributed by atoms with E-state index in [4.69, 9.17) is 13.9 Å². The molecule has 0 fully saturated rings. The van der Waals surface area contributed by atoms with E-state index in [-0.39, 0.29) is 36.4 Å². The minimum atomic E-state index is -0.464. The quantitative estimate of drug-likeness (QED) is 0.161. The van der Waals surface area contributed by atoms with Crippen LogP contribution >= 0.6 is 24.0 Å². The highest BCUT2D eigenvalue weighted by atomic mass is 127. The van der Waals surface area contributed by atoms with Crippen molar-refractivity contribution in [2.75, 3.05) is 32.8 Å². The van der Waals surface area contributed by atoms with Crippen LogP contribution in [0.15, 0.2) is 27.8 Å². The minimum Gasteiger partial charge on any atom is -0.469 e. The number of rotatable bonds is 11. The van der Waals surface area contributed by atoms with Crippen LogP contribution in [0.3, 0.4) is 0 Å². The molecule has 0 aliphatic rings. The Labute approximate surface area is 179 Å². The Bertz CT molecular complexity index is 528. The maximum Gasteiger partial charge on any atom is 0.308 e. The van der Waals surface area contributed by atoms with Gasteiger partial charge in [0, 0.05) is 39.3 Å². The molecule has 1 rings (SSSR count). The van der Waals surface area contributed by atoms with E-state index in [2.05, 4.69) is 15.6 Å². The van der Waals surface area contributed by atoms with Crippen LogP contribution in [0.4, 0.5) is 0 Å². The number of halogens is 1. The van der Waals surface area contributed by atoms with E-state index in [0.717, 1.165) is 18.6 Å². The van der Waals surface area contributed by atoms with Gasteiger partial charge in [0.15, 0.2) is 5.96 Å². The van der Waals surface area contributed by atoms with Crippen LogP contribution in [0.5, 0.6) is 0 Å². The van der Waals surface area contributed by atoms with Gasteiger partial charge in [-0.2, -0.15) is 0 Å². The fraction of sp³-hybridized carbons (Fsp3) is 0.684. The lowest BCUT2D eigenvalue weighted by molar-refractivity contribution is -0.154. The Kier molecular flexibility index (Phi) is 14.0. The summed E-state index contributed by atoms with van der Waals surface area (Å²) in [5.41, 5.74) is -0.464. The van der Waals surface area contributed by atoms with Gasteiger partial charge in [0.25, 0.3) is 0 Å². The van der Waals surface area contributed by atoms with Crippen molar-refractivity contribution in [3.05, 3.63) is 24.2 Å². The lowest BCUT2D eigenvalue weighted by Gasteiger charge is -2.19. The summed E-state index contributed by atoms with van der Waals surface area (Å²) in [5, 5.41) is 6.43. The average molecular weight is 495 g/mol. The fourth-order valence-corrected chi connectivity index (χ4v) is 2.11. The van der Waals surface area contributed by atoms with E-state index in [9.17, 15) is 4.79 Å². The Hall–Kier alpha value is -1.29. The van der Waals surface area contributed by atoms with Gasteiger partial charge < -0.3 is 24.5 Å². The third kappa shape index (κ3) is 14.4. The van der Waals surface area contributed by atoms with Crippen LogP contribution in [-0.2, 0) is 20.7 Å². The summed E-state index contributed by atoms with van der Waals surface area (Å²) in [4.78, 5) is 16.3. The molecule has 8 heteroatoms. The largest absolute Gasteiger partial charge is 0.469 e. The van der Waals surface area contributed by atoms with Gasteiger partial charge in [0.2, 0.25) is 0 Å². The third-order valence-electron chi connectivity index (χ3n) is 3.21. The summed E-state index contributed by atoms with van der Waals surface area (Å²) in [6, 6.07) is 3.81. The number of furan rings is 1. The molecule has 0 aliphatic heterocycles. The number of hydrogen-bond acceptors (Lipinski definition) is 5. The number of ether oxygens (including phenoxy) is 2. The zero-order chi connectivity index (χ0) is 19.3. The molecule has 156 valence electrons. The molecule has 0 unspecified atom stereocenters. The SMILES string of the molecule is CCOCCCN=C(NCCC(=O)OC(C)(C)C)NCCc1ccco1.I. The molecule has 0 saturated carbocycles. The number of nitrogens with zero attached hydrogens (tertiary/aromatic N) is 1. The lowest BCUT2D eigenvalue weighted by atomic mass is 10.2. The molecule has 1 heterocycles. The molecule has 0 aromatic carbocycles. The van der Waals surface area contributed by atoms with E-state index in [1.807, 2.05) is 39.8 Å². The van der Waals surface area contributed by atoms with Crippen LogP contribution in [0.2, 0.25) is 0 Å². The summed E-state index contributed by atoms with van der Waals surface area (Å²) in [5.74, 6) is 1.37. The molecule has 27 heavy (non-hydrogen) atoms. The van der Waals surface area contributed by atoms with Crippen molar-refractivity contribution in [3.8, 4) is 0 Å². The standard InChI is InChI=1S/C19H33N3O4.HI/c1-5-24-14-7-11-20-18(21-12-9-16-8-6-15-25-16)22-13-10-17(23)26-19(2,3)4;/h6,8,15H,5,7,9-14H2,1-4H3,(H2,20,21,22);1H. The summed E-state index contributed by atoms with van der Waals surface area (Å²) in [6.45, 7) is 10.8. The van der Waals surface area contributed by atoms with E-state index in [1.54, 1.807) is 6.26 Å². The number of esters is 1. The van der Waals surface area contributed by atoms with Crippen molar-refractivity contribution in [3.63, 3.8) is 0 Å². The van der Waals surface area contributed by atoms with E-state index in [1.165, 1.54) is 0 Å². The van der Waals surface area contributed by atoms with Gasteiger partial charge in [0.05, 0.1) is 12.7 Å². The maximum atomic E-state index is 11.8. The predicted octanol–water partition coefficient (Wildman–Crippen LogP) is 3.13. The van der Waals surface area contributed by atoms with Crippen molar-refractivity contribution < 1.29 is 18.7 Å². The van der Waals surface area contributed by atoms with E-state index < -0.39 is 5.60 Å². The molecule has 0 amide bonds. The number of nitrogens with one attached hydrogen (secondary N) is 2. The smallest absolute Gasteiger partial charge is 0.308 e.